The van der Waals surface area contributed by atoms with Gasteiger partial charge in [-0.15, -0.1) is 0 Å². The molecule has 0 amide bonds. The van der Waals surface area contributed by atoms with Crippen LogP contribution >= 0.6 is 0 Å². The van der Waals surface area contributed by atoms with Crippen molar-refractivity contribution in [2.24, 2.45) is 0 Å². The summed E-state index contributed by atoms with van der Waals surface area (Å²) in [5.41, 5.74) is 0. The molecule has 0 saturated heterocycles. The standard InChI is InChI=1S/C3H6O.Ti/c1-3(2)4;/h4H,1H2,2H3;. The molecule has 5 heavy (non-hydrogen) atoms. The first kappa shape index (κ1) is 8.98. The number of rotatable bonds is 0. The summed E-state index contributed by atoms with van der Waals surface area (Å²) in [6, 6.07) is 0. The van der Waals surface area contributed by atoms with Crippen LogP contribution in [0.1, 0.15) is 6.92 Å². The van der Waals surface area contributed by atoms with E-state index in [9.17, 15) is 0 Å². The molecule has 0 unspecified atom stereocenters. The van der Waals surface area contributed by atoms with Crippen LogP contribution in [0.5, 0.6) is 0 Å². The van der Waals surface area contributed by atoms with Gasteiger partial charge in [0.25, 0.3) is 0 Å². The molecule has 1 N–H and O–H groups in total. The molecule has 0 aliphatic rings. The van der Waals surface area contributed by atoms with Crippen molar-refractivity contribution in [1.82, 2.24) is 0 Å². The van der Waals surface area contributed by atoms with Gasteiger partial charge in [0, 0.05) is 21.7 Å². The molecule has 0 aromatic rings. The van der Waals surface area contributed by atoms with Crippen LogP contribution in [0.3, 0.4) is 0 Å². The Labute approximate surface area is 46.6 Å². The summed E-state index contributed by atoms with van der Waals surface area (Å²) < 4.78 is 0. The molecule has 0 rings (SSSR count). The Morgan fingerprint density at radius 3 is 1.80 bits per heavy atom. The Balaban J connectivity index is 0. The van der Waals surface area contributed by atoms with Crippen LogP contribution in [0.25, 0.3) is 0 Å². The summed E-state index contributed by atoms with van der Waals surface area (Å²) in [5, 5.41) is 7.86. The SMILES string of the molecule is C=C(C)O.[Ti]. The largest absolute Gasteiger partial charge is 0.513 e. The smallest absolute Gasteiger partial charge is 0.0820 e. The zero-order valence-corrected chi connectivity index (χ0v) is 4.72. The van der Waals surface area contributed by atoms with Gasteiger partial charge in [-0.1, -0.05) is 6.58 Å². The summed E-state index contributed by atoms with van der Waals surface area (Å²) in [6.45, 7) is 4.64. The molecule has 0 radical (unpaired) electrons. The minimum absolute atomic E-state index is 0. The third kappa shape index (κ3) is 334. The Kier molecular flexibility index (Phi) is 7.64. The number of aliphatic hydroxyl groups excluding tert-OH is 1. The van der Waals surface area contributed by atoms with Gasteiger partial charge in [0.05, 0.1) is 5.76 Å². The van der Waals surface area contributed by atoms with E-state index in [4.69, 9.17) is 5.11 Å². The third-order valence-corrected chi connectivity index (χ3v) is 0. The Hall–Kier alpha value is 0.254. The van der Waals surface area contributed by atoms with Crippen LogP contribution in [0, 0.1) is 0 Å². The van der Waals surface area contributed by atoms with E-state index in [1.807, 2.05) is 0 Å². The topological polar surface area (TPSA) is 20.2 Å². The predicted octanol–water partition coefficient (Wildman–Crippen LogP) is 1.08. The van der Waals surface area contributed by atoms with E-state index in [1.54, 1.807) is 0 Å². The van der Waals surface area contributed by atoms with Crippen LogP contribution < -0.4 is 0 Å². The summed E-state index contributed by atoms with van der Waals surface area (Å²) in [6.07, 6.45) is 0. The number of allylic oxidation sites excluding steroid dienone is 1. The quantitative estimate of drug-likeness (QED) is 0.361. The molecular formula is C3H6OTi. The van der Waals surface area contributed by atoms with Gasteiger partial charge in [0.2, 0.25) is 0 Å². The maximum atomic E-state index is 7.86. The first-order valence-corrected chi connectivity index (χ1v) is 1.08. The monoisotopic (exact) mass is 106 g/mol. The molecule has 1 nitrogen and oxygen atoms in total. The van der Waals surface area contributed by atoms with E-state index >= 15 is 0 Å². The average Bonchev–Trinajstić information content (AvgIpc) is 0.811. The van der Waals surface area contributed by atoms with Gasteiger partial charge in [-0.2, -0.15) is 0 Å². The van der Waals surface area contributed by atoms with Crippen LogP contribution in [-0.4, -0.2) is 5.11 Å². The van der Waals surface area contributed by atoms with Gasteiger partial charge in [0.15, 0.2) is 0 Å². The van der Waals surface area contributed by atoms with Gasteiger partial charge in [-0.3, -0.25) is 0 Å². The van der Waals surface area contributed by atoms with Crippen molar-refractivity contribution in [3.63, 3.8) is 0 Å². The number of hydrogen-bond acceptors (Lipinski definition) is 1. The molecular weight excluding hydrogens is 99.9 g/mol. The van der Waals surface area contributed by atoms with Gasteiger partial charge >= 0.3 is 0 Å². The Morgan fingerprint density at radius 2 is 1.80 bits per heavy atom. The third-order valence-electron chi connectivity index (χ3n) is 0. The summed E-state index contributed by atoms with van der Waals surface area (Å²) in [7, 11) is 0. The van der Waals surface area contributed by atoms with Crippen LogP contribution in [0.4, 0.5) is 0 Å². The maximum absolute atomic E-state index is 7.86. The van der Waals surface area contributed by atoms with Gasteiger partial charge in [-0.05, 0) is 6.92 Å². The molecule has 0 aliphatic heterocycles. The van der Waals surface area contributed by atoms with Crippen LogP contribution in [0.15, 0.2) is 12.3 Å². The van der Waals surface area contributed by atoms with Crippen molar-refractivity contribution in [3.05, 3.63) is 12.3 Å². The molecule has 0 fully saturated rings. The van der Waals surface area contributed by atoms with Crippen molar-refractivity contribution in [3.8, 4) is 0 Å². The second-order valence-electron chi connectivity index (χ2n) is 0.735. The van der Waals surface area contributed by atoms with E-state index in [1.165, 1.54) is 6.92 Å². The average molecular weight is 106 g/mol. The Morgan fingerprint density at radius 1 is 1.80 bits per heavy atom. The molecule has 28 valence electrons. The fraction of sp³-hybridized carbons (Fsp3) is 0.333. The van der Waals surface area contributed by atoms with E-state index in [2.05, 4.69) is 6.58 Å². The second-order valence-corrected chi connectivity index (χ2v) is 0.735. The van der Waals surface area contributed by atoms with Crippen molar-refractivity contribution in [2.75, 3.05) is 0 Å². The minimum atomic E-state index is 0. The molecule has 0 saturated carbocycles. The molecule has 2 heteroatoms. The van der Waals surface area contributed by atoms with Crippen molar-refractivity contribution < 1.29 is 26.8 Å². The minimum Gasteiger partial charge on any atom is -0.513 e. The maximum Gasteiger partial charge on any atom is 0.0820 e. The van der Waals surface area contributed by atoms with E-state index < -0.39 is 0 Å². The molecule has 0 aromatic carbocycles. The predicted molar refractivity (Wildman–Crippen MR) is 17.4 cm³/mol. The number of hydrogen-bond donors (Lipinski definition) is 1. The van der Waals surface area contributed by atoms with Gasteiger partial charge in [-0.25, -0.2) is 0 Å². The molecule has 0 heterocycles. The Bertz CT molecular complexity index is 29.9. The molecule has 0 spiro atoms. The van der Waals surface area contributed by atoms with Crippen molar-refractivity contribution >= 4 is 0 Å². The summed E-state index contributed by atoms with van der Waals surface area (Å²) >= 11 is 0. The molecule has 0 bridgehead atoms. The first-order valence-electron chi connectivity index (χ1n) is 1.08. The van der Waals surface area contributed by atoms with Gasteiger partial charge < -0.3 is 5.11 Å². The fourth-order valence-electron chi connectivity index (χ4n) is 0. The first-order chi connectivity index (χ1) is 1.73. The second kappa shape index (κ2) is 4.25. The van der Waals surface area contributed by atoms with Gasteiger partial charge in [0.1, 0.15) is 0 Å². The number of aliphatic hydroxyl groups is 1. The van der Waals surface area contributed by atoms with Crippen molar-refractivity contribution in [2.45, 2.75) is 6.92 Å². The van der Waals surface area contributed by atoms with E-state index in [0.717, 1.165) is 0 Å². The summed E-state index contributed by atoms with van der Waals surface area (Å²) in [5.74, 6) is 0.167. The normalized spacial score (nSPS) is 5.00. The van der Waals surface area contributed by atoms with Crippen LogP contribution in [-0.2, 0) is 21.7 Å². The molecule has 0 aromatic heterocycles. The van der Waals surface area contributed by atoms with E-state index in [0.29, 0.717) is 0 Å². The molecule has 0 aliphatic carbocycles. The van der Waals surface area contributed by atoms with Crippen LogP contribution in [0.2, 0.25) is 0 Å². The van der Waals surface area contributed by atoms with E-state index in [-0.39, 0.29) is 27.5 Å². The summed E-state index contributed by atoms with van der Waals surface area (Å²) in [4.78, 5) is 0. The van der Waals surface area contributed by atoms with Crippen molar-refractivity contribution in [1.29, 1.82) is 0 Å². The molecule has 0 atom stereocenters. The zero-order valence-electron chi connectivity index (χ0n) is 3.15. The fourth-order valence-corrected chi connectivity index (χ4v) is 0. The zero-order chi connectivity index (χ0) is 3.58.